The van der Waals surface area contributed by atoms with E-state index in [9.17, 15) is 15.0 Å². The lowest BCUT2D eigenvalue weighted by Crippen LogP contribution is -2.15. The number of carbonyl (C=O) groups is 1. The highest BCUT2D eigenvalue weighted by Crippen LogP contribution is 2.42. The van der Waals surface area contributed by atoms with Crippen LogP contribution < -0.4 is 0 Å². The second kappa shape index (κ2) is 11.4. The van der Waals surface area contributed by atoms with Gasteiger partial charge in [-0.05, 0) is 42.0 Å². The molecule has 2 N–H and O–H groups in total. The fourth-order valence-corrected chi connectivity index (χ4v) is 3.99. The molecule has 0 unspecified atom stereocenters. The first-order chi connectivity index (χ1) is 16.2. The van der Waals surface area contributed by atoms with Crippen LogP contribution in [-0.2, 0) is 21.4 Å². The van der Waals surface area contributed by atoms with Gasteiger partial charge in [-0.2, -0.15) is 0 Å². The van der Waals surface area contributed by atoms with Gasteiger partial charge < -0.3 is 14.9 Å². The van der Waals surface area contributed by atoms with Crippen molar-refractivity contribution in [1.29, 1.82) is 0 Å². The maximum absolute atomic E-state index is 12.3. The zero-order valence-electron chi connectivity index (χ0n) is 20.8. The third-order valence-corrected chi connectivity index (χ3v) is 5.98. The van der Waals surface area contributed by atoms with E-state index in [0.29, 0.717) is 28.8 Å². The number of ether oxygens (including phenoxy) is 1. The van der Waals surface area contributed by atoms with Crippen LogP contribution in [0.15, 0.2) is 30.3 Å². The van der Waals surface area contributed by atoms with Crippen LogP contribution in [-0.4, -0.2) is 37.8 Å². The second-order valence-corrected chi connectivity index (χ2v) is 9.85. The van der Waals surface area contributed by atoms with E-state index in [-0.39, 0.29) is 36.0 Å². The predicted octanol–water partition coefficient (Wildman–Crippen LogP) is 5.97. The van der Waals surface area contributed by atoms with Gasteiger partial charge in [0.2, 0.25) is 0 Å². The number of aromatic hydroxyl groups is 2. The molecule has 0 bridgehead atoms. The van der Waals surface area contributed by atoms with E-state index < -0.39 is 5.41 Å². The SMILES string of the molecule is CCCCCCCCOC(=O)CCc1cc(C(C)(C)C)c(O)c(-n2nc3ccccc3n2)c1O. The standard InChI is InChI=1S/C27H37N3O4/c1-5-6-7-8-9-12-17-34-23(31)16-15-19-18-20(27(2,3)4)26(33)24(25(19)32)30-28-21-13-10-11-14-22(21)29-30/h10-11,13-14,18,32-33H,5-9,12,15-17H2,1-4H3. The number of carbonyl (C=O) groups excluding carboxylic acids is 1. The number of rotatable bonds is 11. The van der Waals surface area contributed by atoms with Crippen molar-refractivity contribution in [1.82, 2.24) is 15.0 Å². The van der Waals surface area contributed by atoms with E-state index in [4.69, 9.17) is 4.74 Å². The Labute approximate surface area is 201 Å². The normalized spacial score (nSPS) is 11.8. The van der Waals surface area contributed by atoms with Crippen LogP contribution in [0, 0.1) is 0 Å². The Morgan fingerprint density at radius 2 is 1.59 bits per heavy atom. The molecule has 2 aromatic carbocycles. The van der Waals surface area contributed by atoms with Crippen molar-refractivity contribution in [2.24, 2.45) is 0 Å². The Balaban J connectivity index is 1.76. The van der Waals surface area contributed by atoms with E-state index in [1.54, 1.807) is 6.07 Å². The summed E-state index contributed by atoms with van der Waals surface area (Å²) in [4.78, 5) is 13.6. The van der Waals surface area contributed by atoms with E-state index >= 15 is 0 Å². The van der Waals surface area contributed by atoms with Gasteiger partial charge in [0.05, 0.1) is 6.61 Å². The Kier molecular flexibility index (Phi) is 8.53. The minimum absolute atomic E-state index is 0.0697. The van der Waals surface area contributed by atoms with Crippen molar-refractivity contribution < 1.29 is 19.7 Å². The number of phenols is 2. The van der Waals surface area contributed by atoms with Crippen LogP contribution in [0.1, 0.15) is 83.8 Å². The third kappa shape index (κ3) is 6.27. The van der Waals surface area contributed by atoms with Gasteiger partial charge >= 0.3 is 5.97 Å². The van der Waals surface area contributed by atoms with Crippen LogP contribution in [0.4, 0.5) is 0 Å². The van der Waals surface area contributed by atoms with Crippen LogP contribution in [0.25, 0.3) is 16.7 Å². The van der Waals surface area contributed by atoms with Crippen molar-refractivity contribution in [2.75, 3.05) is 6.61 Å². The highest BCUT2D eigenvalue weighted by atomic mass is 16.5. The highest BCUT2D eigenvalue weighted by molar-refractivity contribution is 5.75. The molecule has 0 spiro atoms. The monoisotopic (exact) mass is 467 g/mol. The van der Waals surface area contributed by atoms with Crippen LogP contribution in [0.5, 0.6) is 11.5 Å². The van der Waals surface area contributed by atoms with Crippen molar-refractivity contribution in [3.8, 4) is 17.2 Å². The Morgan fingerprint density at radius 1 is 0.971 bits per heavy atom. The zero-order chi connectivity index (χ0) is 24.7. The smallest absolute Gasteiger partial charge is 0.306 e. The molecule has 34 heavy (non-hydrogen) atoms. The van der Waals surface area contributed by atoms with Gasteiger partial charge in [-0.1, -0.05) is 71.9 Å². The summed E-state index contributed by atoms with van der Waals surface area (Å²) in [5.41, 5.74) is 2.24. The maximum Gasteiger partial charge on any atom is 0.306 e. The predicted molar refractivity (Wildman–Crippen MR) is 134 cm³/mol. The average molecular weight is 468 g/mol. The fourth-order valence-electron chi connectivity index (χ4n) is 3.99. The number of aryl methyl sites for hydroxylation is 1. The lowest BCUT2D eigenvalue weighted by atomic mass is 9.84. The number of hydrogen-bond acceptors (Lipinski definition) is 6. The van der Waals surface area contributed by atoms with Crippen molar-refractivity contribution in [3.63, 3.8) is 0 Å². The number of nitrogens with zero attached hydrogens (tertiary/aromatic N) is 3. The summed E-state index contributed by atoms with van der Waals surface area (Å²) in [5, 5.41) is 31.0. The first-order valence-electron chi connectivity index (χ1n) is 12.3. The minimum atomic E-state index is -0.397. The van der Waals surface area contributed by atoms with Crippen LogP contribution in [0.3, 0.4) is 0 Å². The molecule has 0 saturated carbocycles. The summed E-state index contributed by atoms with van der Waals surface area (Å²) < 4.78 is 5.39. The molecule has 1 aromatic heterocycles. The Morgan fingerprint density at radius 3 is 2.21 bits per heavy atom. The second-order valence-electron chi connectivity index (χ2n) is 9.85. The van der Waals surface area contributed by atoms with E-state index in [0.717, 1.165) is 12.8 Å². The average Bonchev–Trinajstić information content (AvgIpc) is 3.20. The molecule has 3 aromatic rings. The highest BCUT2D eigenvalue weighted by Gasteiger charge is 2.27. The molecule has 0 saturated heterocycles. The summed E-state index contributed by atoms with van der Waals surface area (Å²) >= 11 is 0. The molecule has 0 fully saturated rings. The lowest BCUT2D eigenvalue weighted by Gasteiger charge is -2.24. The van der Waals surface area contributed by atoms with Crippen molar-refractivity contribution in [2.45, 2.75) is 84.5 Å². The molecule has 0 aliphatic rings. The van der Waals surface area contributed by atoms with Crippen LogP contribution in [0.2, 0.25) is 0 Å². The quantitative estimate of drug-likeness (QED) is 0.266. The molecule has 0 radical (unpaired) electrons. The maximum atomic E-state index is 12.3. The van der Waals surface area contributed by atoms with Gasteiger partial charge in [-0.15, -0.1) is 15.0 Å². The molecule has 184 valence electrons. The van der Waals surface area contributed by atoms with E-state index in [1.807, 2.05) is 45.0 Å². The van der Waals surface area contributed by atoms with Gasteiger partial charge in [0.25, 0.3) is 0 Å². The van der Waals surface area contributed by atoms with Gasteiger partial charge in [0.1, 0.15) is 16.8 Å². The van der Waals surface area contributed by atoms with Crippen LogP contribution >= 0.6 is 0 Å². The molecule has 0 aliphatic carbocycles. The summed E-state index contributed by atoms with van der Waals surface area (Å²) in [6.07, 6.45) is 7.23. The van der Waals surface area contributed by atoms with Gasteiger partial charge in [0.15, 0.2) is 11.4 Å². The number of benzene rings is 2. The molecule has 0 atom stereocenters. The lowest BCUT2D eigenvalue weighted by molar-refractivity contribution is -0.143. The summed E-state index contributed by atoms with van der Waals surface area (Å²) in [6, 6.07) is 9.12. The molecule has 7 nitrogen and oxygen atoms in total. The first-order valence-corrected chi connectivity index (χ1v) is 12.3. The topological polar surface area (TPSA) is 97.5 Å². The third-order valence-electron chi connectivity index (χ3n) is 5.98. The molecule has 1 heterocycles. The molecule has 3 rings (SSSR count). The fraction of sp³-hybridized carbons (Fsp3) is 0.519. The molecular formula is C27H37N3O4. The van der Waals surface area contributed by atoms with Gasteiger partial charge in [-0.25, -0.2) is 0 Å². The summed E-state index contributed by atoms with van der Waals surface area (Å²) in [7, 11) is 0. The van der Waals surface area contributed by atoms with Gasteiger partial charge in [-0.3, -0.25) is 4.79 Å². The van der Waals surface area contributed by atoms with Crippen molar-refractivity contribution in [3.05, 3.63) is 41.5 Å². The van der Waals surface area contributed by atoms with Crippen molar-refractivity contribution >= 4 is 17.0 Å². The number of hydrogen-bond donors (Lipinski definition) is 2. The number of fused-ring (bicyclic) bond motifs is 1. The molecule has 0 aliphatic heterocycles. The zero-order valence-corrected chi connectivity index (χ0v) is 20.8. The minimum Gasteiger partial charge on any atom is -0.505 e. The number of unbranched alkanes of at least 4 members (excludes halogenated alkanes) is 5. The molecule has 7 heteroatoms. The summed E-state index contributed by atoms with van der Waals surface area (Å²) in [5.74, 6) is -0.489. The first kappa shape index (κ1) is 25.5. The Hall–Kier alpha value is -3.09. The summed E-state index contributed by atoms with van der Waals surface area (Å²) in [6.45, 7) is 8.56. The number of esters is 1. The Bertz CT molecular complexity index is 1080. The largest absolute Gasteiger partial charge is 0.505 e. The number of phenolic OH excluding ortho intramolecular Hbond substituents is 2. The molecule has 0 amide bonds. The van der Waals surface area contributed by atoms with Gasteiger partial charge in [0, 0.05) is 12.0 Å². The van der Waals surface area contributed by atoms with E-state index in [2.05, 4.69) is 17.1 Å². The number of aromatic nitrogens is 3. The van der Waals surface area contributed by atoms with E-state index in [1.165, 1.54) is 30.5 Å². The molecular weight excluding hydrogens is 430 g/mol.